The molecule has 0 radical (unpaired) electrons. The van der Waals surface area contributed by atoms with Gasteiger partial charge >= 0.3 is 0 Å². The van der Waals surface area contributed by atoms with Gasteiger partial charge in [-0.2, -0.15) is 0 Å². The number of hydrogen-bond acceptors (Lipinski definition) is 2. The summed E-state index contributed by atoms with van der Waals surface area (Å²) in [6.45, 7) is 1.57. The van der Waals surface area contributed by atoms with Gasteiger partial charge in [0.2, 0.25) is 5.91 Å². The highest BCUT2D eigenvalue weighted by atomic mass is 16.5. The Morgan fingerprint density at radius 3 is 2.50 bits per heavy atom. The maximum atomic E-state index is 11.9. The minimum atomic E-state index is -0.00861. The first-order chi connectivity index (χ1) is 8.74. The lowest BCUT2D eigenvalue weighted by molar-refractivity contribution is 0.0946. The standard InChI is InChI=1S/C15H13NO2/c1-10(17)16-13-8-4-3-6-11(13)12-7-5-9-14(18-2)15(12)16/h3-9H,1-2H3. The first kappa shape index (κ1) is 10.8. The number of fused-ring (bicyclic) bond motifs is 3. The lowest BCUT2D eigenvalue weighted by Crippen LogP contribution is -2.05. The number of para-hydroxylation sites is 2. The summed E-state index contributed by atoms with van der Waals surface area (Å²) in [5.41, 5.74) is 1.76. The lowest BCUT2D eigenvalue weighted by atomic mass is 10.1. The molecule has 3 nitrogen and oxygen atoms in total. The zero-order chi connectivity index (χ0) is 12.7. The van der Waals surface area contributed by atoms with Crippen LogP contribution in [0.25, 0.3) is 21.8 Å². The van der Waals surface area contributed by atoms with Crippen molar-refractivity contribution in [1.82, 2.24) is 4.57 Å². The van der Waals surface area contributed by atoms with Crippen LogP contribution in [0.2, 0.25) is 0 Å². The Hall–Kier alpha value is -2.29. The quantitative estimate of drug-likeness (QED) is 0.651. The van der Waals surface area contributed by atoms with E-state index in [4.69, 9.17) is 4.74 Å². The molecule has 2 aromatic carbocycles. The summed E-state index contributed by atoms with van der Waals surface area (Å²) >= 11 is 0. The molecule has 0 aliphatic carbocycles. The van der Waals surface area contributed by atoms with Crippen LogP contribution in [0.3, 0.4) is 0 Å². The molecule has 0 unspecified atom stereocenters. The van der Waals surface area contributed by atoms with Crippen molar-refractivity contribution >= 4 is 27.7 Å². The average molecular weight is 239 g/mol. The van der Waals surface area contributed by atoms with Gasteiger partial charge in [-0.3, -0.25) is 9.36 Å². The van der Waals surface area contributed by atoms with Crippen LogP contribution < -0.4 is 4.74 Å². The van der Waals surface area contributed by atoms with Crippen LogP contribution in [0, 0.1) is 0 Å². The Kier molecular flexibility index (Phi) is 2.33. The van der Waals surface area contributed by atoms with E-state index >= 15 is 0 Å². The smallest absolute Gasteiger partial charge is 0.228 e. The van der Waals surface area contributed by atoms with Gasteiger partial charge in [0, 0.05) is 17.7 Å². The monoisotopic (exact) mass is 239 g/mol. The molecule has 0 aliphatic heterocycles. The van der Waals surface area contributed by atoms with E-state index in [0.29, 0.717) is 0 Å². The van der Waals surface area contributed by atoms with Crippen molar-refractivity contribution in [2.75, 3.05) is 7.11 Å². The van der Waals surface area contributed by atoms with Gasteiger partial charge in [0.15, 0.2) is 0 Å². The van der Waals surface area contributed by atoms with Gasteiger partial charge < -0.3 is 4.74 Å². The number of rotatable bonds is 1. The third-order valence-corrected chi connectivity index (χ3v) is 3.19. The predicted molar refractivity (Wildman–Crippen MR) is 72.3 cm³/mol. The molecule has 0 saturated heterocycles. The van der Waals surface area contributed by atoms with Crippen LogP contribution >= 0.6 is 0 Å². The van der Waals surface area contributed by atoms with Crippen molar-refractivity contribution in [3.05, 3.63) is 42.5 Å². The van der Waals surface area contributed by atoms with E-state index in [-0.39, 0.29) is 5.91 Å². The molecule has 0 amide bonds. The molecule has 3 heteroatoms. The average Bonchev–Trinajstić information content (AvgIpc) is 2.73. The number of carbonyl (C=O) groups is 1. The van der Waals surface area contributed by atoms with E-state index in [1.165, 1.54) is 0 Å². The Bertz CT molecular complexity index is 756. The number of hydrogen-bond donors (Lipinski definition) is 0. The third kappa shape index (κ3) is 1.34. The highest BCUT2D eigenvalue weighted by Gasteiger charge is 2.15. The van der Waals surface area contributed by atoms with Crippen molar-refractivity contribution < 1.29 is 9.53 Å². The van der Waals surface area contributed by atoms with Gasteiger partial charge in [0.1, 0.15) is 5.75 Å². The number of ether oxygens (including phenoxy) is 1. The highest BCUT2D eigenvalue weighted by Crippen LogP contribution is 2.34. The molecule has 0 bridgehead atoms. The Morgan fingerprint density at radius 1 is 1.06 bits per heavy atom. The molecule has 0 aliphatic rings. The van der Waals surface area contributed by atoms with Crippen molar-refractivity contribution in [1.29, 1.82) is 0 Å². The van der Waals surface area contributed by atoms with Crippen molar-refractivity contribution in [2.24, 2.45) is 0 Å². The van der Waals surface area contributed by atoms with E-state index in [9.17, 15) is 4.79 Å². The SMILES string of the molecule is COc1cccc2c3ccccc3n(C(C)=O)c12. The maximum Gasteiger partial charge on any atom is 0.228 e. The molecule has 0 spiro atoms. The second-order valence-electron chi connectivity index (χ2n) is 4.23. The van der Waals surface area contributed by atoms with Crippen molar-refractivity contribution in [3.63, 3.8) is 0 Å². The van der Waals surface area contributed by atoms with E-state index in [0.717, 1.165) is 27.6 Å². The van der Waals surface area contributed by atoms with E-state index in [2.05, 4.69) is 0 Å². The molecule has 3 rings (SSSR count). The predicted octanol–water partition coefficient (Wildman–Crippen LogP) is 3.46. The number of benzene rings is 2. The lowest BCUT2D eigenvalue weighted by Gasteiger charge is -2.06. The summed E-state index contributed by atoms with van der Waals surface area (Å²) in [5.74, 6) is 0.713. The molecule has 0 N–H and O–H groups in total. The van der Waals surface area contributed by atoms with Gasteiger partial charge in [-0.05, 0) is 12.1 Å². The second-order valence-corrected chi connectivity index (χ2v) is 4.23. The summed E-state index contributed by atoms with van der Waals surface area (Å²) in [6, 6.07) is 13.7. The molecule has 3 aromatic rings. The van der Waals surface area contributed by atoms with Crippen LogP contribution in [0.15, 0.2) is 42.5 Å². The maximum absolute atomic E-state index is 11.9. The number of aromatic nitrogens is 1. The molecule has 0 atom stereocenters. The van der Waals surface area contributed by atoms with E-state index in [1.54, 1.807) is 18.6 Å². The molecule has 0 saturated carbocycles. The van der Waals surface area contributed by atoms with Crippen LogP contribution in [0.5, 0.6) is 5.75 Å². The summed E-state index contributed by atoms with van der Waals surface area (Å²) in [6.07, 6.45) is 0. The fourth-order valence-electron chi connectivity index (χ4n) is 2.48. The fraction of sp³-hybridized carbons (Fsp3) is 0.133. The van der Waals surface area contributed by atoms with E-state index in [1.807, 2.05) is 42.5 Å². The van der Waals surface area contributed by atoms with Crippen LogP contribution in [0.1, 0.15) is 11.7 Å². The molecular weight excluding hydrogens is 226 g/mol. The largest absolute Gasteiger partial charge is 0.495 e. The first-order valence-electron chi connectivity index (χ1n) is 5.81. The molecule has 1 heterocycles. The summed E-state index contributed by atoms with van der Waals surface area (Å²) in [4.78, 5) is 11.9. The summed E-state index contributed by atoms with van der Waals surface area (Å²) < 4.78 is 7.09. The van der Waals surface area contributed by atoms with Crippen LogP contribution in [-0.4, -0.2) is 17.6 Å². The van der Waals surface area contributed by atoms with E-state index < -0.39 is 0 Å². The number of nitrogens with zero attached hydrogens (tertiary/aromatic N) is 1. The highest BCUT2D eigenvalue weighted by molar-refractivity contribution is 6.14. The summed E-state index contributed by atoms with van der Waals surface area (Å²) in [5, 5.41) is 2.11. The molecule has 90 valence electrons. The Balaban J connectivity index is 2.63. The van der Waals surface area contributed by atoms with Gasteiger partial charge in [-0.25, -0.2) is 0 Å². The zero-order valence-electron chi connectivity index (χ0n) is 10.3. The van der Waals surface area contributed by atoms with Gasteiger partial charge in [-0.1, -0.05) is 30.3 Å². The number of carbonyl (C=O) groups excluding carboxylic acids is 1. The minimum Gasteiger partial charge on any atom is -0.495 e. The van der Waals surface area contributed by atoms with Gasteiger partial charge in [0.25, 0.3) is 0 Å². The summed E-state index contributed by atoms with van der Waals surface area (Å²) in [7, 11) is 1.62. The first-order valence-corrected chi connectivity index (χ1v) is 5.81. The molecule has 18 heavy (non-hydrogen) atoms. The normalized spacial score (nSPS) is 11.0. The fourth-order valence-corrected chi connectivity index (χ4v) is 2.48. The third-order valence-electron chi connectivity index (χ3n) is 3.19. The second kappa shape index (κ2) is 3.88. The van der Waals surface area contributed by atoms with Crippen LogP contribution in [0.4, 0.5) is 0 Å². The van der Waals surface area contributed by atoms with Crippen molar-refractivity contribution in [2.45, 2.75) is 6.92 Å². The Labute approximate surface area is 105 Å². The molecular formula is C15H13NO2. The Morgan fingerprint density at radius 2 is 1.78 bits per heavy atom. The number of methoxy groups -OCH3 is 1. The van der Waals surface area contributed by atoms with Gasteiger partial charge in [0.05, 0.1) is 18.1 Å². The zero-order valence-corrected chi connectivity index (χ0v) is 10.3. The molecule has 1 aromatic heterocycles. The van der Waals surface area contributed by atoms with Crippen LogP contribution in [-0.2, 0) is 0 Å². The topological polar surface area (TPSA) is 31.2 Å². The van der Waals surface area contributed by atoms with Crippen molar-refractivity contribution in [3.8, 4) is 5.75 Å². The van der Waals surface area contributed by atoms with Gasteiger partial charge in [-0.15, -0.1) is 0 Å². The minimum absolute atomic E-state index is 0.00861. The molecule has 0 fully saturated rings.